The molecule has 4 rings (SSSR count). The summed E-state index contributed by atoms with van der Waals surface area (Å²) in [6.07, 6.45) is 6.07. The van der Waals surface area contributed by atoms with Gasteiger partial charge in [0, 0.05) is 41.2 Å². The summed E-state index contributed by atoms with van der Waals surface area (Å²) in [4.78, 5) is 12.1. The standard InChI is InChI=1S/C20H20ClN3O4S/c1-2-7-23-11-15(3-6-20(23)25)24-10-14(9-22-24)18-5-4-16(8-19(18)21)29(26,27)17-12-28-13-17/h3-6,8-11,17H,2,7,12-13H2,1H3. The topological polar surface area (TPSA) is 83.2 Å². The molecule has 1 fully saturated rings. The van der Waals surface area contributed by atoms with Crippen LogP contribution in [-0.4, -0.2) is 41.2 Å². The first-order valence-electron chi connectivity index (χ1n) is 9.27. The molecule has 0 unspecified atom stereocenters. The smallest absolute Gasteiger partial charge is 0.250 e. The van der Waals surface area contributed by atoms with E-state index >= 15 is 0 Å². The van der Waals surface area contributed by atoms with Crippen molar-refractivity contribution in [3.63, 3.8) is 0 Å². The predicted octanol–water partition coefficient (Wildman–Crippen LogP) is 2.94. The number of pyridine rings is 1. The van der Waals surface area contributed by atoms with Crippen LogP contribution in [0.25, 0.3) is 16.8 Å². The van der Waals surface area contributed by atoms with E-state index < -0.39 is 15.1 Å². The molecule has 3 aromatic rings. The lowest BCUT2D eigenvalue weighted by atomic mass is 10.1. The molecule has 0 radical (unpaired) electrons. The number of rotatable bonds is 6. The van der Waals surface area contributed by atoms with Crippen molar-refractivity contribution in [1.82, 2.24) is 14.3 Å². The molecule has 29 heavy (non-hydrogen) atoms. The molecule has 0 bridgehead atoms. The normalized spacial score (nSPS) is 14.7. The average Bonchev–Trinajstić information content (AvgIpc) is 3.11. The van der Waals surface area contributed by atoms with Crippen LogP contribution in [0.15, 0.2) is 58.6 Å². The fourth-order valence-corrected chi connectivity index (χ4v) is 5.00. The van der Waals surface area contributed by atoms with E-state index in [-0.39, 0.29) is 23.7 Å². The molecule has 1 aliphatic heterocycles. The minimum absolute atomic E-state index is 0.0558. The van der Waals surface area contributed by atoms with Crippen LogP contribution in [0.1, 0.15) is 13.3 Å². The Bertz CT molecular complexity index is 1210. The molecular formula is C20H20ClN3O4S. The van der Waals surface area contributed by atoms with Crippen LogP contribution in [0.3, 0.4) is 0 Å². The van der Waals surface area contributed by atoms with Gasteiger partial charge in [-0.1, -0.05) is 24.6 Å². The van der Waals surface area contributed by atoms with Crippen LogP contribution < -0.4 is 5.56 Å². The number of hydrogen-bond acceptors (Lipinski definition) is 5. The Kier molecular flexibility index (Phi) is 5.33. The van der Waals surface area contributed by atoms with Crippen LogP contribution in [0.4, 0.5) is 0 Å². The van der Waals surface area contributed by atoms with Gasteiger partial charge in [0.05, 0.1) is 30.0 Å². The van der Waals surface area contributed by atoms with Crippen LogP contribution in [0.2, 0.25) is 5.02 Å². The molecule has 0 amide bonds. The number of aromatic nitrogens is 3. The molecular weight excluding hydrogens is 414 g/mol. The Morgan fingerprint density at radius 1 is 1.21 bits per heavy atom. The Morgan fingerprint density at radius 2 is 2.00 bits per heavy atom. The fraction of sp³-hybridized carbons (Fsp3) is 0.300. The van der Waals surface area contributed by atoms with E-state index in [4.69, 9.17) is 16.3 Å². The summed E-state index contributed by atoms with van der Waals surface area (Å²) in [5.74, 6) is 0. The summed E-state index contributed by atoms with van der Waals surface area (Å²) < 4.78 is 33.4. The third-order valence-electron chi connectivity index (χ3n) is 4.91. The van der Waals surface area contributed by atoms with Crippen molar-refractivity contribution in [2.75, 3.05) is 13.2 Å². The molecule has 1 aliphatic rings. The average molecular weight is 434 g/mol. The van der Waals surface area contributed by atoms with Crippen LogP contribution in [0.5, 0.6) is 0 Å². The Hall–Kier alpha value is -2.42. The van der Waals surface area contributed by atoms with Crippen molar-refractivity contribution >= 4 is 21.4 Å². The first kappa shape index (κ1) is 19.9. The summed E-state index contributed by atoms with van der Waals surface area (Å²) in [6.45, 7) is 3.08. The van der Waals surface area contributed by atoms with Crippen molar-refractivity contribution in [3.05, 3.63) is 64.3 Å². The van der Waals surface area contributed by atoms with Gasteiger partial charge in [0.2, 0.25) is 0 Å². The minimum Gasteiger partial charge on any atom is -0.379 e. The number of halogens is 1. The molecule has 3 heterocycles. The third kappa shape index (κ3) is 3.75. The Morgan fingerprint density at radius 3 is 2.66 bits per heavy atom. The van der Waals surface area contributed by atoms with E-state index in [1.165, 1.54) is 12.1 Å². The molecule has 9 heteroatoms. The quantitative estimate of drug-likeness (QED) is 0.596. The lowest BCUT2D eigenvalue weighted by molar-refractivity contribution is 0.0416. The van der Waals surface area contributed by atoms with E-state index in [0.717, 1.165) is 17.7 Å². The second-order valence-corrected chi connectivity index (χ2v) is 9.57. The van der Waals surface area contributed by atoms with Crippen LogP contribution in [0, 0.1) is 0 Å². The molecule has 0 N–H and O–H groups in total. The SMILES string of the molecule is CCCn1cc(-n2cc(-c3ccc(S(=O)(=O)C4COC4)cc3Cl)cn2)ccc1=O. The number of hydrogen-bond donors (Lipinski definition) is 0. The number of benzene rings is 1. The van der Waals surface area contributed by atoms with Crippen LogP contribution >= 0.6 is 11.6 Å². The second kappa shape index (κ2) is 7.78. The van der Waals surface area contributed by atoms with Crippen molar-refractivity contribution in [1.29, 1.82) is 0 Å². The monoisotopic (exact) mass is 433 g/mol. The summed E-state index contributed by atoms with van der Waals surface area (Å²) in [7, 11) is -3.44. The van der Waals surface area contributed by atoms with Gasteiger partial charge in [-0.3, -0.25) is 4.79 Å². The van der Waals surface area contributed by atoms with Gasteiger partial charge in [-0.15, -0.1) is 0 Å². The van der Waals surface area contributed by atoms with Gasteiger partial charge in [-0.05, 0) is 24.6 Å². The zero-order valence-electron chi connectivity index (χ0n) is 15.8. The maximum atomic E-state index is 12.5. The van der Waals surface area contributed by atoms with Crippen LogP contribution in [-0.2, 0) is 21.1 Å². The molecule has 152 valence electrons. The highest BCUT2D eigenvalue weighted by molar-refractivity contribution is 7.92. The van der Waals surface area contributed by atoms with E-state index in [9.17, 15) is 13.2 Å². The number of ether oxygens (including phenoxy) is 1. The Labute approximate surface area is 173 Å². The van der Waals surface area contributed by atoms with Gasteiger partial charge in [0.25, 0.3) is 5.56 Å². The zero-order valence-corrected chi connectivity index (χ0v) is 17.4. The molecule has 0 atom stereocenters. The highest BCUT2D eigenvalue weighted by atomic mass is 35.5. The summed E-state index contributed by atoms with van der Waals surface area (Å²) in [5, 5.41) is 4.19. The number of nitrogens with zero attached hydrogens (tertiary/aromatic N) is 3. The maximum absolute atomic E-state index is 12.5. The summed E-state index contributed by atoms with van der Waals surface area (Å²) in [5.41, 5.74) is 2.13. The predicted molar refractivity (Wildman–Crippen MR) is 110 cm³/mol. The van der Waals surface area contributed by atoms with Gasteiger partial charge in [-0.25, -0.2) is 13.1 Å². The molecule has 0 saturated carbocycles. The lowest BCUT2D eigenvalue weighted by Crippen LogP contribution is -2.40. The van der Waals surface area contributed by atoms with Gasteiger partial charge in [0.1, 0.15) is 5.25 Å². The highest BCUT2D eigenvalue weighted by Gasteiger charge is 2.34. The molecule has 1 saturated heterocycles. The number of aryl methyl sites for hydroxylation is 1. The number of sulfone groups is 1. The largest absolute Gasteiger partial charge is 0.379 e. The van der Waals surface area contributed by atoms with E-state index in [1.807, 2.05) is 6.92 Å². The fourth-order valence-electron chi connectivity index (χ4n) is 3.17. The molecule has 2 aromatic heterocycles. The van der Waals surface area contributed by atoms with E-state index in [1.54, 1.807) is 46.0 Å². The van der Waals surface area contributed by atoms with Crippen molar-refractivity contribution in [3.8, 4) is 16.8 Å². The van der Waals surface area contributed by atoms with Crippen molar-refractivity contribution < 1.29 is 13.2 Å². The van der Waals surface area contributed by atoms with Gasteiger partial charge in [0.15, 0.2) is 9.84 Å². The van der Waals surface area contributed by atoms with Crippen molar-refractivity contribution in [2.45, 2.75) is 30.0 Å². The first-order valence-corrected chi connectivity index (χ1v) is 11.2. The minimum atomic E-state index is -3.44. The second-order valence-electron chi connectivity index (χ2n) is 6.94. The molecule has 1 aromatic carbocycles. The van der Waals surface area contributed by atoms with E-state index in [2.05, 4.69) is 5.10 Å². The molecule has 0 aliphatic carbocycles. The van der Waals surface area contributed by atoms with Crippen molar-refractivity contribution in [2.24, 2.45) is 0 Å². The lowest BCUT2D eigenvalue weighted by Gasteiger charge is -2.25. The molecule has 7 nitrogen and oxygen atoms in total. The first-order chi connectivity index (χ1) is 13.9. The summed E-state index contributed by atoms with van der Waals surface area (Å²) in [6, 6.07) is 7.96. The maximum Gasteiger partial charge on any atom is 0.250 e. The third-order valence-corrected chi connectivity index (χ3v) is 7.28. The zero-order chi connectivity index (χ0) is 20.6. The van der Waals surface area contributed by atoms with Gasteiger partial charge < -0.3 is 9.30 Å². The Balaban J connectivity index is 1.65. The van der Waals surface area contributed by atoms with Gasteiger partial charge in [-0.2, -0.15) is 5.10 Å². The molecule has 0 spiro atoms. The summed E-state index contributed by atoms with van der Waals surface area (Å²) >= 11 is 6.40. The van der Waals surface area contributed by atoms with Gasteiger partial charge >= 0.3 is 0 Å². The van der Waals surface area contributed by atoms with E-state index in [0.29, 0.717) is 17.1 Å². The highest BCUT2D eigenvalue weighted by Crippen LogP contribution is 2.32.